The van der Waals surface area contributed by atoms with Crippen LogP contribution in [0.3, 0.4) is 0 Å². The summed E-state index contributed by atoms with van der Waals surface area (Å²) in [6.07, 6.45) is 0. The Balaban J connectivity index is 2.44. The monoisotopic (exact) mass is 375 g/mol. The van der Waals surface area contributed by atoms with Gasteiger partial charge in [0.1, 0.15) is 0 Å². The number of halogens is 1. The van der Waals surface area contributed by atoms with Crippen LogP contribution >= 0.6 is 15.9 Å². The maximum Gasteiger partial charge on any atom is 0.243 e. The van der Waals surface area contributed by atoms with Gasteiger partial charge in [0.2, 0.25) is 10.0 Å². The van der Waals surface area contributed by atoms with Crippen molar-refractivity contribution in [3.63, 3.8) is 0 Å². The van der Waals surface area contributed by atoms with Crippen molar-refractivity contribution in [3.8, 4) is 0 Å². The van der Waals surface area contributed by atoms with Crippen molar-refractivity contribution in [1.29, 1.82) is 0 Å². The van der Waals surface area contributed by atoms with Crippen molar-refractivity contribution in [2.24, 2.45) is 0 Å². The van der Waals surface area contributed by atoms with E-state index in [2.05, 4.69) is 20.8 Å². The predicted octanol–water partition coefficient (Wildman–Crippen LogP) is 2.05. The number of anilines is 1. The summed E-state index contributed by atoms with van der Waals surface area (Å²) >= 11 is 3.33. The number of sulfonamides is 1. The van der Waals surface area contributed by atoms with Gasteiger partial charge in [-0.3, -0.25) is 4.90 Å². The number of benzene rings is 1. The number of hydrogen-bond acceptors (Lipinski definition) is 4. The fourth-order valence-corrected chi connectivity index (χ4v) is 5.14. The Hall–Kier alpha value is -0.630. The summed E-state index contributed by atoms with van der Waals surface area (Å²) in [5, 5.41) is 0. The molecule has 1 saturated heterocycles. The SMILES string of the molecule is Cc1c(N)cc(Br)cc1S(=O)(=O)N1CC(C)N(C)C(C)C1. The molecule has 0 aliphatic carbocycles. The summed E-state index contributed by atoms with van der Waals surface area (Å²) in [5.74, 6) is 0. The third kappa shape index (κ3) is 3.11. The van der Waals surface area contributed by atoms with Crippen LogP contribution in [-0.2, 0) is 10.0 Å². The molecule has 2 unspecified atom stereocenters. The van der Waals surface area contributed by atoms with Crippen LogP contribution in [0.5, 0.6) is 0 Å². The lowest BCUT2D eigenvalue weighted by Gasteiger charge is -2.41. The molecule has 0 spiro atoms. The van der Waals surface area contributed by atoms with Gasteiger partial charge in [0.25, 0.3) is 0 Å². The molecule has 1 aliphatic heterocycles. The topological polar surface area (TPSA) is 66.6 Å². The molecule has 0 saturated carbocycles. The number of hydrogen-bond donors (Lipinski definition) is 1. The Morgan fingerprint density at radius 3 is 2.29 bits per heavy atom. The smallest absolute Gasteiger partial charge is 0.243 e. The van der Waals surface area contributed by atoms with Gasteiger partial charge in [-0.05, 0) is 45.5 Å². The number of nitrogen functional groups attached to an aromatic ring is 1. The lowest BCUT2D eigenvalue weighted by Crippen LogP contribution is -2.56. The summed E-state index contributed by atoms with van der Waals surface area (Å²) in [7, 11) is -1.50. The average molecular weight is 376 g/mol. The van der Waals surface area contributed by atoms with Crippen molar-refractivity contribution in [3.05, 3.63) is 22.2 Å². The molecule has 1 heterocycles. The molecule has 2 N–H and O–H groups in total. The molecular weight excluding hydrogens is 354 g/mol. The standard InChI is InChI=1S/C14H22BrN3O2S/c1-9-7-18(8-10(2)17(9)4)21(19,20)14-6-12(15)5-13(16)11(14)3/h5-6,9-10H,7-8,16H2,1-4H3. The molecule has 2 rings (SSSR count). The van der Waals surface area contributed by atoms with Gasteiger partial charge in [-0.1, -0.05) is 15.9 Å². The van der Waals surface area contributed by atoms with Crippen LogP contribution in [0.25, 0.3) is 0 Å². The highest BCUT2D eigenvalue weighted by Gasteiger charge is 2.35. The maximum absolute atomic E-state index is 12.9. The first-order chi connectivity index (χ1) is 9.64. The second-order valence-corrected chi connectivity index (χ2v) is 8.63. The molecule has 0 radical (unpaired) electrons. The van der Waals surface area contributed by atoms with Gasteiger partial charge in [0, 0.05) is 35.3 Å². The van der Waals surface area contributed by atoms with E-state index in [0.29, 0.717) is 33.7 Å². The van der Waals surface area contributed by atoms with Crippen LogP contribution in [0.1, 0.15) is 19.4 Å². The van der Waals surface area contributed by atoms with E-state index in [0.717, 1.165) is 0 Å². The zero-order valence-corrected chi connectivity index (χ0v) is 15.2. The molecule has 1 fully saturated rings. The molecule has 21 heavy (non-hydrogen) atoms. The van der Waals surface area contributed by atoms with Crippen molar-refractivity contribution in [2.45, 2.75) is 37.8 Å². The van der Waals surface area contributed by atoms with E-state index in [4.69, 9.17) is 5.73 Å². The minimum absolute atomic E-state index is 0.188. The van der Waals surface area contributed by atoms with E-state index in [1.165, 1.54) is 0 Å². The van der Waals surface area contributed by atoms with Gasteiger partial charge in [0.05, 0.1) is 4.90 Å². The fraction of sp³-hybridized carbons (Fsp3) is 0.571. The van der Waals surface area contributed by atoms with Crippen LogP contribution in [0.15, 0.2) is 21.5 Å². The Morgan fingerprint density at radius 2 is 1.76 bits per heavy atom. The highest BCUT2D eigenvalue weighted by molar-refractivity contribution is 9.10. The van der Waals surface area contributed by atoms with Crippen LogP contribution in [0.4, 0.5) is 5.69 Å². The first-order valence-corrected chi connectivity index (χ1v) is 9.15. The zero-order valence-electron chi connectivity index (χ0n) is 12.8. The van der Waals surface area contributed by atoms with Gasteiger partial charge < -0.3 is 5.73 Å². The molecule has 0 bridgehead atoms. The van der Waals surface area contributed by atoms with E-state index >= 15 is 0 Å². The Kier molecular flexibility index (Phi) is 4.68. The molecule has 0 aromatic heterocycles. The molecular formula is C14H22BrN3O2S. The second-order valence-electron chi connectivity index (χ2n) is 5.80. The Morgan fingerprint density at radius 1 is 1.24 bits per heavy atom. The zero-order chi connectivity index (χ0) is 15.9. The molecule has 0 amide bonds. The second kappa shape index (κ2) is 5.87. The van der Waals surface area contributed by atoms with E-state index in [1.54, 1.807) is 23.4 Å². The largest absolute Gasteiger partial charge is 0.398 e. The van der Waals surface area contributed by atoms with E-state index in [-0.39, 0.29) is 12.1 Å². The number of piperazine rings is 1. The van der Waals surface area contributed by atoms with E-state index in [9.17, 15) is 8.42 Å². The first-order valence-electron chi connectivity index (χ1n) is 6.92. The van der Waals surface area contributed by atoms with Gasteiger partial charge in [0.15, 0.2) is 0 Å². The van der Waals surface area contributed by atoms with Crippen LogP contribution in [0, 0.1) is 6.92 Å². The molecule has 118 valence electrons. The minimum Gasteiger partial charge on any atom is -0.398 e. The molecule has 1 aliphatic rings. The summed E-state index contributed by atoms with van der Waals surface area (Å²) in [6, 6.07) is 3.74. The van der Waals surface area contributed by atoms with Crippen LogP contribution in [0.2, 0.25) is 0 Å². The fourth-order valence-electron chi connectivity index (χ4n) is 2.63. The lowest BCUT2D eigenvalue weighted by atomic mass is 10.1. The van der Waals surface area contributed by atoms with Crippen molar-refractivity contribution in [2.75, 3.05) is 25.9 Å². The van der Waals surface area contributed by atoms with Gasteiger partial charge in [-0.25, -0.2) is 8.42 Å². The van der Waals surface area contributed by atoms with E-state index < -0.39 is 10.0 Å². The lowest BCUT2D eigenvalue weighted by molar-refractivity contribution is 0.105. The summed E-state index contributed by atoms with van der Waals surface area (Å²) < 4.78 is 28.1. The predicted molar refractivity (Wildman–Crippen MR) is 88.7 cm³/mol. The first kappa shape index (κ1) is 16.7. The number of nitrogens with two attached hydrogens (primary N) is 1. The molecule has 1 aromatic carbocycles. The maximum atomic E-state index is 12.9. The highest BCUT2D eigenvalue weighted by Crippen LogP contribution is 2.30. The molecule has 7 heteroatoms. The summed E-state index contributed by atoms with van der Waals surface area (Å²) in [5.41, 5.74) is 7.00. The molecule has 5 nitrogen and oxygen atoms in total. The van der Waals surface area contributed by atoms with Crippen molar-refractivity contribution in [1.82, 2.24) is 9.21 Å². The number of likely N-dealkylation sites (N-methyl/N-ethyl adjacent to an activating group) is 1. The average Bonchev–Trinajstić information content (AvgIpc) is 2.39. The Bertz CT molecular complexity index is 636. The summed E-state index contributed by atoms with van der Waals surface area (Å²) in [6.45, 7) is 6.82. The Labute approximate surface area is 135 Å². The van der Waals surface area contributed by atoms with E-state index in [1.807, 2.05) is 20.9 Å². The summed E-state index contributed by atoms with van der Waals surface area (Å²) in [4.78, 5) is 2.49. The number of rotatable bonds is 2. The molecule has 1 aromatic rings. The quantitative estimate of drug-likeness (QED) is 0.803. The van der Waals surface area contributed by atoms with Gasteiger partial charge in [-0.15, -0.1) is 0 Å². The van der Waals surface area contributed by atoms with Gasteiger partial charge >= 0.3 is 0 Å². The third-order valence-electron chi connectivity index (χ3n) is 4.31. The van der Waals surface area contributed by atoms with Crippen molar-refractivity contribution < 1.29 is 8.42 Å². The third-order valence-corrected chi connectivity index (χ3v) is 6.72. The normalized spacial score (nSPS) is 25.2. The minimum atomic E-state index is -3.53. The van der Waals surface area contributed by atoms with Crippen LogP contribution < -0.4 is 5.73 Å². The van der Waals surface area contributed by atoms with Crippen molar-refractivity contribution >= 4 is 31.6 Å². The van der Waals surface area contributed by atoms with Crippen LogP contribution in [-0.4, -0.2) is 49.8 Å². The number of nitrogens with zero attached hydrogens (tertiary/aromatic N) is 2. The van der Waals surface area contributed by atoms with Gasteiger partial charge in [-0.2, -0.15) is 4.31 Å². The highest BCUT2D eigenvalue weighted by atomic mass is 79.9. The molecule has 2 atom stereocenters.